The number of likely N-dealkylation sites (tertiary alicyclic amines) is 1. The van der Waals surface area contributed by atoms with E-state index in [9.17, 15) is 27.2 Å². The largest absolute Gasteiger partial charge is 0.490 e. The molecule has 11 heteroatoms. The predicted octanol–water partition coefficient (Wildman–Crippen LogP) is 4.06. The lowest BCUT2D eigenvalue weighted by molar-refractivity contribution is -0.192. The molecule has 3 N–H and O–H groups in total. The second kappa shape index (κ2) is 12.0. The van der Waals surface area contributed by atoms with Crippen molar-refractivity contribution >= 4 is 17.8 Å². The van der Waals surface area contributed by atoms with Gasteiger partial charge >= 0.3 is 12.1 Å². The molecular formula is C29H33F4N3O4. The molecule has 216 valence electrons. The number of benzene rings is 2. The topological polar surface area (TPSA) is 98.7 Å². The van der Waals surface area contributed by atoms with E-state index >= 15 is 0 Å². The van der Waals surface area contributed by atoms with Crippen LogP contribution in [0.2, 0.25) is 0 Å². The number of amides is 2. The maximum atomic E-state index is 13.4. The number of hydrogen-bond donors (Lipinski definition) is 3. The molecule has 2 heterocycles. The molecular weight excluding hydrogens is 530 g/mol. The number of nitrogens with zero attached hydrogens (tertiary/aromatic N) is 1. The number of rotatable bonds is 6. The molecule has 5 rings (SSSR count). The van der Waals surface area contributed by atoms with Crippen LogP contribution in [0, 0.1) is 17.2 Å². The summed E-state index contributed by atoms with van der Waals surface area (Å²) in [5.74, 6) is -2.23. The first-order valence-corrected chi connectivity index (χ1v) is 13.3. The van der Waals surface area contributed by atoms with Gasteiger partial charge in [-0.05, 0) is 68.5 Å². The van der Waals surface area contributed by atoms with Crippen LogP contribution in [0.1, 0.15) is 49.1 Å². The number of aliphatic carboxylic acids is 1. The third kappa shape index (κ3) is 6.80. The van der Waals surface area contributed by atoms with E-state index in [-0.39, 0.29) is 35.5 Å². The van der Waals surface area contributed by atoms with E-state index in [1.165, 1.54) is 17.7 Å². The summed E-state index contributed by atoms with van der Waals surface area (Å²) in [4.78, 5) is 36.8. The molecule has 7 nitrogen and oxygen atoms in total. The Morgan fingerprint density at radius 3 is 2.25 bits per heavy atom. The summed E-state index contributed by atoms with van der Waals surface area (Å²) in [6.45, 7) is 5.10. The Labute approximate surface area is 229 Å². The highest BCUT2D eigenvalue weighted by atomic mass is 19.4. The number of piperidine rings is 1. The number of nitrogens with one attached hydrogen (secondary N) is 2. The van der Waals surface area contributed by atoms with Crippen LogP contribution < -0.4 is 10.6 Å². The van der Waals surface area contributed by atoms with Gasteiger partial charge in [-0.25, -0.2) is 9.18 Å². The predicted molar refractivity (Wildman–Crippen MR) is 139 cm³/mol. The van der Waals surface area contributed by atoms with Gasteiger partial charge in [-0.3, -0.25) is 9.59 Å². The van der Waals surface area contributed by atoms with Crippen LogP contribution in [-0.4, -0.2) is 66.2 Å². The van der Waals surface area contributed by atoms with Crippen LogP contribution >= 0.6 is 0 Å². The summed E-state index contributed by atoms with van der Waals surface area (Å²) in [6.07, 6.45) is -2.60. The first kappa shape index (κ1) is 29.5. The molecule has 1 saturated carbocycles. The summed E-state index contributed by atoms with van der Waals surface area (Å²) >= 11 is 0. The molecule has 0 aromatic heterocycles. The van der Waals surface area contributed by atoms with Gasteiger partial charge in [0.25, 0.3) is 0 Å². The molecule has 3 aliphatic rings. The zero-order valence-electron chi connectivity index (χ0n) is 22.1. The Morgan fingerprint density at radius 1 is 1.07 bits per heavy atom. The van der Waals surface area contributed by atoms with Crippen molar-refractivity contribution in [3.05, 3.63) is 71.5 Å². The molecule has 2 aliphatic heterocycles. The first-order chi connectivity index (χ1) is 18.9. The number of halogens is 4. The van der Waals surface area contributed by atoms with E-state index in [0.717, 1.165) is 44.5 Å². The number of carbonyl (C=O) groups excluding carboxylic acids is 2. The van der Waals surface area contributed by atoms with E-state index in [4.69, 9.17) is 9.90 Å². The molecule has 2 unspecified atom stereocenters. The molecule has 3 fully saturated rings. The standard InChI is InChI=1S/C27H32FN3O2.C2HF3O2/c1-18(30-25(32)23-15-22(23)19-5-3-2-4-6-19)17-31-13-11-27(12-14-31)24(16-29-26(27)33)20-7-9-21(28)10-8-20;3-2(4,5)1(6)7/h2-10,18,22-24H,11-17H2,1H3,(H,29,33)(H,30,32);(H,6,7)/t18-,22-,23?,24?;/m0./s1. The first-order valence-electron chi connectivity index (χ1n) is 13.3. The van der Waals surface area contributed by atoms with E-state index in [1.54, 1.807) is 0 Å². The van der Waals surface area contributed by atoms with Gasteiger partial charge in [-0.15, -0.1) is 0 Å². The van der Waals surface area contributed by atoms with Crippen molar-refractivity contribution < 1.29 is 37.1 Å². The zero-order valence-corrected chi connectivity index (χ0v) is 22.1. The van der Waals surface area contributed by atoms with Crippen molar-refractivity contribution in [2.75, 3.05) is 26.2 Å². The van der Waals surface area contributed by atoms with E-state index < -0.39 is 17.6 Å². The zero-order chi connectivity index (χ0) is 29.1. The highest BCUT2D eigenvalue weighted by molar-refractivity contribution is 5.86. The molecule has 0 bridgehead atoms. The lowest BCUT2D eigenvalue weighted by Crippen LogP contribution is -2.50. The highest BCUT2D eigenvalue weighted by Crippen LogP contribution is 2.48. The summed E-state index contributed by atoms with van der Waals surface area (Å²) in [7, 11) is 0. The van der Waals surface area contributed by atoms with Gasteiger partial charge in [0.15, 0.2) is 0 Å². The molecule has 2 aromatic rings. The Hall–Kier alpha value is -3.47. The molecule has 0 radical (unpaired) electrons. The Bertz CT molecular complexity index is 1200. The van der Waals surface area contributed by atoms with Crippen LogP contribution in [0.5, 0.6) is 0 Å². The maximum absolute atomic E-state index is 13.4. The normalized spacial score (nSPS) is 24.4. The van der Waals surface area contributed by atoms with Crippen LogP contribution in [-0.2, 0) is 14.4 Å². The van der Waals surface area contributed by atoms with Gasteiger partial charge in [0.1, 0.15) is 5.82 Å². The quantitative estimate of drug-likeness (QED) is 0.461. The minimum Gasteiger partial charge on any atom is -0.475 e. The molecule has 2 saturated heterocycles. The van der Waals surface area contributed by atoms with E-state index in [2.05, 4.69) is 34.6 Å². The van der Waals surface area contributed by atoms with Gasteiger partial charge < -0.3 is 20.6 Å². The van der Waals surface area contributed by atoms with Crippen molar-refractivity contribution in [2.45, 2.75) is 50.2 Å². The Kier molecular flexibility index (Phi) is 8.82. The van der Waals surface area contributed by atoms with Crippen LogP contribution in [0.25, 0.3) is 0 Å². The lowest BCUT2D eigenvalue weighted by atomic mass is 9.68. The molecule has 1 spiro atoms. The fourth-order valence-corrected chi connectivity index (χ4v) is 5.90. The van der Waals surface area contributed by atoms with Crippen LogP contribution in [0.4, 0.5) is 17.6 Å². The van der Waals surface area contributed by atoms with Gasteiger partial charge in [-0.1, -0.05) is 42.5 Å². The van der Waals surface area contributed by atoms with Gasteiger partial charge in [-0.2, -0.15) is 13.2 Å². The second-order valence-corrected chi connectivity index (χ2v) is 10.8. The summed E-state index contributed by atoms with van der Waals surface area (Å²) in [5, 5.41) is 13.4. The molecule has 2 amide bonds. The van der Waals surface area contributed by atoms with Gasteiger partial charge in [0, 0.05) is 31.0 Å². The average molecular weight is 564 g/mol. The monoisotopic (exact) mass is 563 g/mol. The lowest BCUT2D eigenvalue weighted by Gasteiger charge is -2.41. The highest BCUT2D eigenvalue weighted by Gasteiger charge is 2.52. The number of carboxylic acid groups (broad SMARTS) is 1. The van der Waals surface area contributed by atoms with Gasteiger partial charge in [0.2, 0.25) is 11.8 Å². The number of carbonyl (C=O) groups is 3. The van der Waals surface area contributed by atoms with Crippen molar-refractivity contribution in [1.29, 1.82) is 0 Å². The Balaban J connectivity index is 0.000000470. The summed E-state index contributed by atoms with van der Waals surface area (Å²) in [5.41, 5.74) is 1.86. The third-order valence-corrected chi connectivity index (χ3v) is 8.12. The second-order valence-electron chi connectivity index (χ2n) is 10.8. The number of hydrogen-bond acceptors (Lipinski definition) is 4. The van der Waals surface area contributed by atoms with Gasteiger partial charge in [0.05, 0.1) is 5.41 Å². The molecule has 4 atom stereocenters. The van der Waals surface area contributed by atoms with Crippen molar-refractivity contribution in [1.82, 2.24) is 15.5 Å². The smallest absolute Gasteiger partial charge is 0.475 e. The third-order valence-electron chi connectivity index (χ3n) is 8.12. The number of alkyl halides is 3. The minimum atomic E-state index is -5.08. The van der Waals surface area contributed by atoms with Crippen molar-refractivity contribution in [3.63, 3.8) is 0 Å². The molecule has 1 aliphatic carbocycles. The summed E-state index contributed by atoms with van der Waals surface area (Å²) in [6, 6.07) is 16.9. The molecule has 40 heavy (non-hydrogen) atoms. The average Bonchev–Trinajstić information content (AvgIpc) is 3.66. The minimum absolute atomic E-state index is 0.0638. The van der Waals surface area contributed by atoms with Crippen molar-refractivity contribution in [3.8, 4) is 0 Å². The fraction of sp³-hybridized carbons (Fsp3) is 0.483. The fourth-order valence-electron chi connectivity index (χ4n) is 5.90. The summed E-state index contributed by atoms with van der Waals surface area (Å²) < 4.78 is 45.1. The van der Waals surface area contributed by atoms with Crippen LogP contribution in [0.15, 0.2) is 54.6 Å². The number of carboxylic acids is 1. The van der Waals surface area contributed by atoms with Crippen molar-refractivity contribution in [2.24, 2.45) is 11.3 Å². The molecule has 2 aromatic carbocycles. The van der Waals surface area contributed by atoms with E-state index in [1.807, 2.05) is 30.3 Å². The SMILES string of the molecule is C[C@@H](CN1CCC2(CC1)C(=O)NCC2c1ccc(F)cc1)NC(=O)C1C[C@H]1c1ccccc1.O=C(O)C(F)(F)F. The Morgan fingerprint density at radius 2 is 1.68 bits per heavy atom. The van der Waals surface area contributed by atoms with E-state index in [0.29, 0.717) is 12.5 Å². The van der Waals surface area contributed by atoms with Crippen LogP contribution in [0.3, 0.4) is 0 Å². The maximum Gasteiger partial charge on any atom is 0.490 e.